The van der Waals surface area contributed by atoms with Crippen molar-refractivity contribution in [3.8, 4) is 11.8 Å². The molecule has 3 N–H and O–H groups in total. The number of rotatable bonds is 3. The van der Waals surface area contributed by atoms with Crippen LogP contribution in [0.1, 0.15) is 16.9 Å². The summed E-state index contributed by atoms with van der Waals surface area (Å²) < 4.78 is 0. The van der Waals surface area contributed by atoms with Crippen LogP contribution in [-0.2, 0) is 9.59 Å². The predicted octanol–water partition coefficient (Wildman–Crippen LogP) is 1.07. The van der Waals surface area contributed by atoms with Crippen LogP contribution in [0.25, 0.3) is 6.08 Å². The molecule has 82 valence electrons. The van der Waals surface area contributed by atoms with Crippen molar-refractivity contribution in [2.24, 2.45) is 5.73 Å². The lowest BCUT2D eigenvalue weighted by Crippen LogP contribution is -2.08. The fraction of sp³-hybridized carbons (Fsp3) is 0.0909. The molecule has 1 rings (SSSR count). The number of carboxylic acid groups (broad SMARTS) is 1. The van der Waals surface area contributed by atoms with Crippen LogP contribution in [0.5, 0.6) is 0 Å². The van der Waals surface area contributed by atoms with Gasteiger partial charge in [0.25, 0.3) is 0 Å². The Balaban J connectivity index is 2.67. The summed E-state index contributed by atoms with van der Waals surface area (Å²) in [5.74, 6) is 3.93. The van der Waals surface area contributed by atoms with Gasteiger partial charge in [0, 0.05) is 21.9 Å². The standard InChI is InChI=1S/C11H9NO3S/c12-10(13)3-1-2-8-6-9(16-7-8)4-5-11(14)15/h4-7H,3H2,(H2,12,13)(H,14,15)/b5-4+. The van der Waals surface area contributed by atoms with E-state index in [9.17, 15) is 9.59 Å². The number of nitrogens with two attached hydrogens (primary N) is 1. The maximum Gasteiger partial charge on any atom is 0.328 e. The Morgan fingerprint density at radius 2 is 2.31 bits per heavy atom. The molecule has 0 bridgehead atoms. The minimum Gasteiger partial charge on any atom is -0.478 e. The van der Waals surface area contributed by atoms with Gasteiger partial charge in [-0.2, -0.15) is 0 Å². The molecule has 0 aromatic carbocycles. The molecular formula is C11H9NO3S. The Morgan fingerprint density at radius 1 is 1.56 bits per heavy atom. The molecule has 1 amide bonds. The third-order valence-electron chi connectivity index (χ3n) is 1.51. The van der Waals surface area contributed by atoms with E-state index in [0.717, 1.165) is 16.5 Å². The smallest absolute Gasteiger partial charge is 0.328 e. The molecule has 1 aromatic heterocycles. The summed E-state index contributed by atoms with van der Waals surface area (Å²) in [5, 5.41) is 10.2. The molecule has 0 saturated carbocycles. The second kappa shape index (κ2) is 5.73. The highest BCUT2D eigenvalue weighted by molar-refractivity contribution is 7.11. The molecule has 1 aromatic rings. The van der Waals surface area contributed by atoms with Crippen molar-refractivity contribution in [2.45, 2.75) is 6.42 Å². The van der Waals surface area contributed by atoms with E-state index in [1.165, 1.54) is 17.4 Å². The third-order valence-corrected chi connectivity index (χ3v) is 2.40. The summed E-state index contributed by atoms with van der Waals surface area (Å²) in [6.07, 6.45) is 2.58. The van der Waals surface area contributed by atoms with Gasteiger partial charge in [-0.25, -0.2) is 4.79 Å². The molecule has 0 aliphatic heterocycles. The first-order valence-electron chi connectivity index (χ1n) is 4.34. The Hall–Kier alpha value is -2.06. The van der Waals surface area contributed by atoms with Crippen molar-refractivity contribution in [1.29, 1.82) is 0 Å². The summed E-state index contributed by atoms with van der Waals surface area (Å²) in [7, 11) is 0. The first-order chi connectivity index (χ1) is 7.58. The highest BCUT2D eigenvalue weighted by Crippen LogP contribution is 2.15. The summed E-state index contributed by atoms with van der Waals surface area (Å²) >= 11 is 1.38. The molecule has 16 heavy (non-hydrogen) atoms. The summed E-state index contributed by atoms with van der Waals surface area (Å²) in [6, 6.07) is 1.75. The number of primary amides is 1. The van der Waals surface area contributed by atoms with Crippen LogP contribution in [0.4, 0.5) is 0 Å². The van der Waals surface area contributed by atoms with Gasteiger partial charge in [0.05, 0.1) is 6.42 Å². The molecular weight excluding hydrogens is 226 g/mol. The maximum absolute atomic E-state index is 10.4. The van der Waals surface area contributed by atoms with Gasteiger partial charge in [0.15, 0.2) is 0 Å². The normalized spacial score (nSPS) is 9.75. The molecule has 0 saturated heterocycles. The van der Waals surface area contributed by atoms with Crippen LogP contribution in [0.2, 0.25) is 0 Å². The van der Waals surface area contributed by atoms with E-state index in [1.54, 1.807) is 11.4 Å². The molecule has 0 fully saturated rings. The second-order valence-electron chi connectivity index (χ2n) is 2.85. The van der Waals surface area contributed by atoms with E-state index in [4.69, 9.17) is 10.8 Å². The molecule has 0 aliphatic rings. The molecule has 0 radical (unpaired) electrons. The topological polar surface area (TPSA) is 80.4 Å². The number of aliphatic carboxylic acids is 1. The quantitative estimate of drug-likeness (QED) is 0.607. The fourth-order valence-electron chi connectivity index (χ4n) is 0.893. The van der Waals surface area contributed by atoms with Crippen LogP contribution in [0.15, 0.2) is 17.5 Å². The first kappa shape index (κ1) is 12.0. The number of thiophene rings is 1. The van der Waals surface area contributed by atoms with E-state index in [0.29, 0.717) is 0 Å². The van der Waals surface area contributed by atoms with Crippen LogP contribution in [-0.4, -0.2) is 17.0 Å². The summed E-state index contributed by atoms with van der Waals surface area (Å²) in [4.78, 5) is 21.5. The zero-order valence-corrected chi connectivity index (χ0v) is 9.08. The Morgan fingerprint density at radius 3 is 2.94 bits per heavy atom. The SMILES string of the molecule is NC(=O)CC#Cc1csc(/C=C/C(=O)O)c1. The van der Waals surface area contributed by atoms with Crippen molar-refractivity contribution in [2.75, 3.05) is 0 Å². The van der Waals surface area contributed by atoms with Gasteiger partial charge in [-0.1, -0.05) is 11.8 Å². The number of carbonyl (C=O) groups is 2. The lowest BCUT2D eigenvalue weighted by Gasteiger charge is -1.81. The number of carbonyl (C=O) groups excluding carboxylic acids is 1. The van der Waals surface area contributed by atoms with Crippen molar-refractivity contribution in [3.63, 3.8) is 0 Å². The van der Waals surface area contributed by atoms with Gasteiger partial charge in [-0.05, 0) is 12.1 Å². The second-order valence-corrected chi connectivity index (χ2v) is 3.80. The highest BCUT2D eigenvalue weighted by atomic mass is 32.1. The molecule has 4 nitrogen and oxygen atoms in total. The lowest BCUT2D eigenvalue weighted by molar-refractivity contribution is -0.131. The Bertz CT molecular complexity index is 491. The summed E-state index contributed by atoms with van der Waals surface area (Å²) in [6.45, 7) is 0. The van der Waals surface area contributed by atoms with E-state index in [-0.39, 0.29) is 6.42 Å². The number of hydrogen-bond acceptors (Lipinski definition) is 3. The van der Waals surface area contributed by atoms with Gasteiger partial charge in [0.2, 0.25) is 5.91 Å². The van der Waals surface area contributed by atoms with Crippen LogP contribution in [0, 0.1) is 11.8 Å². The van der Waals surface area contributed by atoms with E-state index in [1.807, 2.05) is 0 Å². The largest absolute Gasteiger partial charge is 0.478 e. The molecule has 0 aliphatic carbocycles. The molecule has 0 spiro atoms. The van der Waals surface area contributed by atoms with Gasteiger partial charge in [-0.3, -0.25) is 4.79 Å². The average molecular weight is 235 g/mol. The zero-order valence-electron chi connectivity index (χ0n) is 8.27. The Labute approximate surface area is 96.4 Å². The molecule has 0 atom stereocenters. The molecule has 5 heteroatoms. The average Bonchev–Trinajstić information content (AvgIpc) is 2.62. The van der Waals surface area contributed by atoms with Gasteiger partial charge in [-0.15, -0.1) is 11.3 Å². The number of amides is 1. The van der Waals surface area contributed by atoms with Crippen LogP contribution in [0.3, 0.4) is 0 Å². The van der Waals surface area contributed by atoms with Gasteiger partial charge < -0.3 is 10.8 Å². The molecule has 1 heterocycles. The summed E-state index contributed by atoms with van der Waals surface area (Å²) in [5.41, 5.74) is 5.67. The van der Waals surface area contributed by atoms with E-state index >= 15 is 0 Å². The third kappa shape index (κ3) is 4.44. The lowest BCUT2D eigenvalue weighted by atomic mass is 10.3. The fourth-order valence-corrected chi connectivity index (χ4v) is 1.62. The highest BCUT2D eigenvalue weighted by Gasteiger charge is 1.95. The number of carboxylic acids is 1. The maximum atomic E-state index is 10.4. The van der Waals surface area contributed by atoms with Crippen molar-refractivity contribution in [1.82, 2.24) is 0 Å². The predicted molar refractivity (Wildman–Crippen MR) is 61.7 cm³/mol. The minimum absolute atomic E-state index is 0.0240. The Kier molecular flexibility index (Phi) is 4.30. The molecule has 0 unspecified atom stereocenters. The monoisotopic (exact) mass is 235 g/mol. The zero-order chi connectivity index (χ0) is 12.0. The first-order valence-corrected chi connectivity index (χ1v) is 5.22. The number of hydrogen-bond donors (Lipinski definition) is 2. The van der Waals surface area contributed by atoms with Crippen molar-refractivity contribution >= 4 is 29.3 Å². The van der Waals surface area contributed by atoms with E-state index < -0.39 is 11.9 Å². The minimum atomic E-state index is -0.991. The van der Waals surface area contributed by atoms with Crippen LogP contribution < -0.4 is 5.73 Å². The van der Waals surface area contributed by atoms with Crippen LogP contribution >= 0.6 is 11.3 Å². The van der Waals surface area contributed by atoms with Crippen molar-refractivity contribution < 1.29 is 14.7 Å². The van der Waals surface area contributed by atoms with Crippen molar-refractivity contribution in [3.05, 3.63) is 28.0 Å². The van der Waals surface area contributed by atoms with Gasteiger partial charge in [0.1, 0.15) is 0 Å². The van der Waals surface area contributed by atoms with Gasteiger partial charge >= 0.3 is 5.97 Å². The van der Waals surface area contributed by atoms with E-state index in [2.05, 4.69) is 11.8 Å².